The highest BCUT2D eigenvalue weighted by molar-refractivity contribution is 5.92. The van der Waals surface area contributed by atoms with Crippen molar-refractivity contribution >= 4 is 22.9 Å². The summed E-state index contributed by atoms with van der Waals surface area (Å²) in [5.41, 5.74) is 4.22. The van der Waals surface area contributed by atoms with Gasteiger partial charge in [-0.2, -0.15) is 0 Å². The summed E-state index contributed by atoms with van der Waals surface area (Å²) in [6.45, 7) is 4.33. The third-order valence-corrected chi connectivity index (χ3v) is 5.33. The first-order valence-corrected chi connectivity index (χ1v) is 10.3. The average molecular weight is 437 g/mol. The zero-order chi connectivity index (χ0) is 23.3. The quantitative estimate of drug-likeness (QED) is 0.527. The van der Waals surface area contributed by atoms with Crippen molar-refractivity contribution in [2.75, 3.05) is 27.9 Å². The highest BCUT2D eigenvalue weighted by Gasteiger charge is 2.12. The van der Waals surface area contributed by atoms with Gasteiger partial charge in [-0.25, -0.2) is 0 Å². The van der Waals surface area contributed by atoms with Crippen molar-refractivity contribution in [3.05, 3.63) is 69.0 Å². The lowest BCUT2D eigenvalue weighted by Gasteiger charge is -2.12. The Labute approximate surface area is 187 Å². The van der Waals surface area contributed by atoms with Crippen LogP contribution in [0.1, 0.15) is 22.3 Å². The van der Waals surface area contributed by atoms with E-state index in [4.69, 9.17) is 14.2 Å². The van der Waals surface area contributed by atoms with Crippen molar-refractivity contribution in [1.29, 1.82) is 0 Å². The molecule has 32 heavy (non-hydrogen) atoms. The molecule has 0 saturated heterocycles. The largest absolute Gasteiger partial charge is 0.493 e. The predicted molar refractivity (Wildman–Crippen MR) is 126 cm³/mol. The predicted octanol–water partition coefficient (Wildman–Crippen LogP) is 3.54. The molecule has 2 aromatic carbocycles. The fourth-order valence-electron chi connectivity index (χ4n) is 3.55. The molecule has 0 fully saturated rings. The molecule has 0 radical (unpaired) electrons. The lowest BCUT2D eigenvalue weighted by molar-refractivity contribution is -0.116. The molecule has 168 valence electrons. The number of fused-ring (bicyclic) bond motifs is 1. The van der Waals surface area contributed by atoms with E-state index < -0.39 is 0 Å². The summed E-state index contributed by atoms with van der Waals surface area (Å²) in [5, 5.41) is 3.84. The summed E-state index contributed by atoms with van der Waals surface area (Å²) < 4.78 is 16.0. The van der Waals surface area contributed by atoms with E-state index in [0.717, 1.165) is 27.6 Å². The van der Waals surface area contributed by atoms with Gasteiger partial charge in [0.2, 0.25) is 11.7 Å². The first-order valence-electron chi connectivity index (χ1n) is 10.3. The molecule has 1 aromatic heterocycles. The van der Waals surface area contributed by atoms with Gasteiger partial charge in [-0.05, 0) is 61.2 Å². The number of aromatic nitrogens is 1. The second-order valence-corrected chi connectivity index (χ2v) is 7.44. The standard InChI is InChI=1S/C25H28N2O5/c1-15-6-7-16(2)23-19(15)14-18(25(29)27-23)10-11-26-22(28)9-8-17-12-20(30-3)24(32-5)21(13-17)31-4/h6-9,12-14H,10-11H2,1-5H3,(H,26,28)(H,27,29)/b9-8+. The molecular formula is C25H28N2O5. The van der Waals surface area contributed by atoms with Gasteiger partial charge in [0.05, 0.1) is 26.8 Å². The second-order valence-electron chi connectivity index (χ2n) is 7.44. The van der Waals surface area contributed by atoms with Crippen LogP contribution in [0.25, 0.3) is 17.0 Å². The van der Waals surface area contributed by atoms with Gasteiger partial charge in [-0.3, -0.25) is 9.59 Å². The fourth-order valence-corrected chi connectivity index (χ4v) is 3.55. The van der Waals surface area contributed by atoms with Gasteiger partial charge < -0.3 is 24.5 Å². The highest BCUT2D eigenvalue weighted by Crippen LogP contribution is 2.38. The van der Waals surface area contributed by atoms with Crippen molar-refractivity contribution in [1.82, 2.24) is 10.3 Å². The van der Waals surface area contributed by atoms with Crippen molar-refractivity contribution < 1.29 is 19.0 Å². The maximum absolute atomic E-state index is 12.4. The first-order chi connectivity index (χ1) is 15.4. The molecule has 1 heterocycles. The smallest absolute Gasteiger partial charge is 0.251 e. The van der Waals surface area contributed by atoms with Crippen LogP contribution in [0.2, 0.25) is 0 Å². The average Bonchev–Trinajstić information content (AvgIpc) is 2.80. The molecule has 7 heteroatoms. The van der Waals surface area contributed by atoms with Gasteiger partial charge in [-0.1, -0.05) is 12.1 Å². The maximum Gasteiger partial charge on any atom is 0.251 e. The zero-order valence-electron chi connectivity index (χ0n) is 19.0. The minimum absolute atomic E-state index is 0.131. The SMILES string of the molecule is COc1cc(/C=C/C(=O)NCCc2cc3c(C)ccc(C)c3[nH]c2=O)cc(OC)c1OC. The number of carbonyl (C=O) groups excluding carboxylic acids is 1. The lowest BCUT2D eigenvalue weighted by Crippen LogP contribution is -2.25. The van der Waals surface area contributed by atoms with E-state index in [1.165, 1.54) is 27.4 Å². The van der Waals surface area contributed by atoms with Gasteiger partial charge >= 0.3 is 0 Å². The van der Waals surface area contributed by atoms with Crippen molar-refractivity contribution in [3.8, 4) is 17.2 Å². The Morgan fingerprint density at radius 3 is 2.28 bits per heavy atom. The Kier molecular flexibility index (Phi) is 7.20. The Morgan fingerprint density at radius 2 is 1.66 bits per heavy atom. The van der Waals surface area contributed by atoms with Crippen LogP contribution in [0.3, 0.4) is 0 Å². The van der Waals surface area contributed by atoms with E-state index in [-0.39, 0.29) is 11.5 Å². The van der Waals surface area contributed by atoms with E-state index in [2.05, 4.69) is 10.3 Å². The second kappa shape index (κ2) is 10.0. The minimum Gasteiger partial charge on any atom is -0.493 e. The molecule has 7 nitrogen and oxygen atoms in total. The molecule has 0 aliphatic carbocycles. The van der Waals surface area contributed by atoms with E-state index in [1.54, 1.807) is 18.2 Å². The van der Waals surface area contributed by atoms with Crippen LogP contribution >= 0.6 is 0 Å². The zero-order valence-corrected chi connectivity index (χ0v) is 19.0. The number of amides is 1. The van der Waals surface area contributed by atoms with Crippen molar-refractivity contribution in [2.45, 2.75) is 20.3 Å². The number of H-pyrrole nitrogens is 1. The third-order valence-electron chi connectivity index (χ3n) is 5.33. The van der Waals surface area contributed by atoms with Crippen LogP contribution in [-0.4, -0.2) is 38.8 Å². The number of methoxy groups -OCH3 is 3. The lowest BCUT2D eigenvalue weighted by atomic mass is 10.0. The Hall–Kier alpha value is -3.74. The summed E-state index contributed by atoms with van der Waals surface area (Å²) in [6, 6.07) is 9.45. The number of aryl methyl sites for hydroxylation is 2. The van der Waals surface area contributed by atoms with Crippen LogP contribution in [-0.2, 0) is 11.2 Å². The molecule has 2 N–H and O–H groups in total. The highest BCUT2D eigenvalue weighted by atomic mass is 16.5. The van der Waals surface area contributed by atoms with Crippen LogP contribution in [0.5, 0.6) is 17.2 Å². The number of carbonyl (C=O) groups is 1. The van der Waals surface area contributed by atoms with Gasteiger partial charge in [-0.15, -0.1) is 0 Å². The number of nitrogens with one attached hydrogen (secondary N) is 2. The molecule has 1 amide bonds. The molecule has 0 atom stereocenters. The van der Waals surface area contributed by atoms with Gasteiger partial charge in [0, 0.05) is 23.6 Å². The van der Waals surface area contributed by atoms with Crippen LogP contribution in [0, 0.1) is 13.8 Å². The first kappa shape index (κ1) is 22.9. The van der Waals surface area contributed by atoms with Gasteiger partial charge in [0.25, 0.3) is 5.56 Å². The molecule has 3 rings (SSSR count). The summed E-state index contributed by atoms with van der Waals surface area (Å²) in [4.78, 5) is 27.7. The Balaban J connectivity index is 1.67. The topological polar surface area (TPSA) is 89.7 Å². The van der Waals surface area contributed by atoms with E-state index in [0.29, 0.717) is 35.8 Å². The minimum atomic E-state index is -0.261. The number of pyridine rings is 1. The number of hydrogen-bond acceptors (Lipinski definition) is 5. The van der Waals surface area contributed by atoms with E-state index >= 15 is 0 Å². The Morgan fingerprint density at radius 1 is 1.00 bits per heavy atom. The number of ether oxygens (including phenoxy) is 3. The molecule has 3 aromatic rings. The Bertz CT molecular complexity index is 1200. The number of aromatic amines is 1. The monoisotopic (exact) mass is 436 g/mol. The van der Waals surface area contributed by atoms with E-state index in [1.807, 2.05) is 32.0 Å². The van der Waals surface area contributed by atoms with Gasteiger partial charge in [0.1, 0.15) is 0 Å². The van der Waals surface area contributed by atoms with Crippen molar-refractivity contribution in [2.24, 2.45) is 0 Å². The summed E-state index contributed by atoms with van der Waals surface area (Å²) in [6.07, 6.45) is 3.52. The normalized spacial score (nSPS) is 11.0. The summed E-state index contributed by atoms with van der Waals surface area (Å²) in [5.74, 6) is 1.24. The van der Waals surface area contributed by atoms with Crippen LogP contribution < -0.4 is 25.1 Å². The summed E-state index contributed by atoms with van der Waals surface area (Å²) >= 11 is 0. The molecule has 0 aliphatic heterocycles. The van der Waals surface area contributed by atoms with E-state index in [9.17, 15) is 9.59 Å². The summed E-state index contributed by atoms with van der Waals surface area (Å²) in [7, 11) is 4.61. The van der Waals surface area contributed by atoms with Gasteiger partial charge in [0.15, 0.2) is 11.5 Å². The molecule has 0 bridgehead atoms. The molecule has 0 saturated carbocycles. The fraction of sp³-hybridized carbons (Fsp3) is 0.280. The van der Waals surface area contributed by atoms with Crippen LogP contribution in [0.4, 0.5) is 0 Å². The molecule has 0 unspecified atom stereocenters. The third kappa shape index (κ3) is 4.94. The van der Waals surface area contributed by atoms with Crippen LogP contribution in [0.15, 0.2) is 41.2 Å². The van der Waals surface area contributed by atoms with Crippen molar-refractivity contribution in [3.63, 3.8) is 0 Å². The molecule has 0 aliphatic rings. The molecule has 0 spiro atoms. The number of benzene rings is 2. The maximum atomic E-state index is 12.4. The number of hydrogen-bond donors (Lipinski definition) is 2. The molecular weight excluding hydrogens is 408 g/mol. The number of rotatable bonds is 8.